The van der Waals surface area contributed by atoms with Gasteiger partial charge in [0.25, 0.3) is 0 Å². The number of rotatable bonds is 5. The molecule has 0 saturated carbocycles. The molecule has 1 saturated heterocycles. The molecule has 0 bridgehead atoms. The third-order valence-electron chi connectivity index (χ3n) is 3.57. The van der Waals surface area contributed by atoms with Crippen molar-refractivity contribution in [3.63, 3.8) is 0 Å². The Bertz CT molecular complexity index is 380. The fraction of sp³-hybridized carbons (Fsp3) is 0.571. The minimum absolute atomic E-state index is 0.125. The highest BCUT2D eigenvalue weighted by atomic mass is 16.5. The van der Waals surface area contributed by atoms with Gasteiger partial charge in [-0.25, -0.2) is 0 Å². The zero-order valence-corrected chi connectivity index (χ0v) is 10.7. The van der Waals surface area contributed by atoms with Gasteiger partial charge in [0.2, 0.25) is 0 Å². The quantitative estimate of drug-likeness (QED) is 0.846. The van der Waals surface area contributed by atoms with Crippen molar-refractivity contribution in [1.82, 2.24) is 0 Å². The van der Waals surface area contributed by atoms with Crippen molar-refractivity contribution in [1.29, 1.82) is 0 Å². The van der Waals surface area contributed by atoms with Crippen LogP contribution in [0.3, 0.4) is 0 Å². The number of hydrogen-bond donors (Lipinski definition) is 1. The number of methoxy groups -OCH3 is 1. The summed E-state index contributed by atoms with van der Waals surface area (Å²) in [5, 5.41) is 0. The molecule has 1 heterocycles. The van der Waals surface area contributed by atoms with Crippen LogP contribution in [0.1, 0.15) is 18.1 Å². The molecule has 1 aromatic carbocycles. The summed E-state index contributed by atoms with van der Waals surface area (Å²) in [6.07, 6.45) is 1.99. The molecule has 1 aliphatic heterocycles. The maximum atomic E-state index is 5.86. The molecule has 3 nitrogen and oxygen atoms in total. The lowest BCUT2D eigenvalue weighted by Gasteiger charge is -2.41. The van der Waals surface area contributed by atoms with Gasteiger partial charge in [-0.1, -0.05) is 19.1 Å². The van der Waals surface area contributed by atoms with E-state index in [1.807, 2.05) is 0 Å². The summed E-state index contributed by atoms with van der Waals surface area (Å²) in [4.78, 5) is 0. The third kappa shape index (κ3) is 2.45. The van der Waals surface area contributed by atoms with Gasteiger partial charge in [0.15, 0.2) is 0 Å². The lowest BCUT2D eigenvalue weighted by atomic mass is 9.79. The third-order valence-corrected chi connectivity index (χ3v) is 3.57. The summed E-state index contributed by atoms with van der Waals surface area (Å²) in [7, 11) is 1.72. The zero-order valence-electron chi connectivity index (χ0n) is 10.7. The predicted octanol–water partition coefficient (Wildman–Crippen LogP) is 1.78. The second kappa shape index (κ2) is 5.07. The van der Waals surface area contributed by atoms with Crippen molar-refractivity contribution >= 4 is 0 Å². The molecule has 2 rings (SSSR count). The van der Waals surface area contributed by atoms with Crippen LogP contribution in [0.25, 0.3) is 0 Å². The summed E-state index contributed by atoms with van der Waals surface area (Å²) < 4.78 is 10.7. The van der Waals surface area contributed by atoms with Gasteiger partial charge in [-0.15, -0.1) is 0 Å². The van der Waals surface area contributed by atoms with E-state index >= 15 is 0 Å². The summed E-state index contributed by atoms with van der Waals surface area (Å²) in [5.74, 6) is 0.960. The molecule has 0 spiro atoms. The minimum atomic E-state index is 0.125. The predicted molar refractivity (Wildman–Crippen MR) is 68.4 cm³/mol. The van der Waals surface area contributed by atoms with E-state index < -0.39 is 0 Å². The SMILES string of the molecule is CCc1ccc(OC)c(CC2(CN)COC2)c1. The van der Waals surface area contributed by atoms with Gasteiger partial charge in [0, 0.05) is 12.0 Å². The van der Waals surface area contributed by atoms with Crippen molar-refractivity contribution < 1.29 is 9.47 Å². The number of hydrogen-bond acceptors (Lipinski definition) is 3. The van der Waals surface area contributed by atoms with E-state index in [0.29, 0.717) is 6.54 Å². The molecule has 0 aromatic heterocycles. The van der Waals surface area contributed by atoms with Gasteiger partial charge < -0.3 is 15.2 Å². The largest absolute Gasteiger partial charge is 0.496 e. The van der Waals surface area contributed by atoms with E-state index in [1.165, 1.54) is 11.1 Å². The van der Waals surface area contributed by atoms with E-state index in [4.69, 9.17) is 15.2 Å². The average Bonchev–Trinajstić information content (AvgIpc) is 2.33. The summed E-state index contributed by atoms with van der Waals surface area (Å²) in [6.45, 7) is 4.37. The molecule has 17 heavy (non-hydrogen) atoms. The van der Waals surface area contributed by atoms with Crippen molar-refractivity contribution in [3.05, 3.63) is 29.3 Å². The van der Waals surface area contributed by atoms with Gasteiger partial charge in [-0.3, -0.25) is 0 Å². The highest BCUT2D eigenvalue weighted by Crippen LogP contribution is 2.34. The van der Waals surface area contributed by atoms with Crippen LogP contribution >= 0.6 is 0 Å². The lowest BCUT2D eigenvalue weighted by Crippen LogP contribution is -2.49. The monoisotopic (exact) mass is 235 g/mol. The Labute approximate surface area is 103 Å². The van der Waals surface area contributed by atoms with E-state index in [9.17, 15) is 0 Å². The Balaban J connectivity index is 2.23. The highest BCUT2D eigenvalue weighted by Gasteiger charge is 2.37. The normalized spacial score (nSPS) is 17.6. The molecular formula is C14H21NO2. The smallest absolute Gasteiger partial charge is 0.122 e. The maximum Gasteiger partial charge on any atom is 0.122 e. The maximum absolute atomic E-state index is 5.86. The molecule has 0 radical (unpaired) electrons. The molecule has 94 valence electrons. The Hall–Kier alpha value is -1.06. The molecule has 0 aliphatic carbocycles. The number of aryl methyl sites for hydroxylation is 1. The molecule has 1 aromatic rings. The Kier molecular flexibility index (Phi) is 3.69. The standard InChI is InChI=1S/C14H21NO2/c1-3-11-4-5-13(16-2)12(6-11)7-14(8-15)9-17-10-14/h4-6H,3,7-10,15H2,1-2H3. The topological polar surface area (TPSA) is 44.5 Å². The Morgan fingerprint density at radius 3 is 2.65 bits per heavy atom. The van der Waals surface area contributed by atoms with Gasteiger partial charge in [-0.05, 0) is 30.0 Å². The van der Waals surface area contributed by atoms with Crippen LogP contribution in [-0.4, -0.2) is 26.9 Å². The molecule has 1 aliphatic rings. The van der Waals surface area contributed by atoms with Gasteiger partial charge in [-0.2, -0.15) is 0 Å². The second-order valence-electron chi connectivity index (χ2n) is 4.87. The molecular weight excluding hydrogens is 214 g/mol. The zero-order chi connectivity index (χ0) is 12.3. The van der Waals surface area contributed by atoms with Crippen LogP contribution in [0.2, 0.25) is 0 Å². The first kappa shape index (κ1) is 12.4. The molecule has 2 N–H and O–H groups in total. The van der Waals surface area contributed by atoms with Gasteiger partial charge >= 0.3 is 0 Å². The second-order valence-corrected chi connectivity index (χ2v) is 4.87. The van der Waals surface area contributed by atoms with Crippen LogP contribution in [0.15, 0.2) is 18.2 Å². The summed E-state index contributed by atoms with van der Waals surface area (Å²) in [5.41, 5.74) is 8.57. The molecule has 0 unspecified atom stereocenters. The van der Waals surface area contributed by atoms with E-state index in [0.717, 1.165) is 31.8 Å². The first-order valence-electron chi connectivity index (χ1n) is 6.16. The first-order valence-corrected chi connectivity index (χ1v) is 6.16. The van der Waals surface area contributed by atoms with Gasteiger partial charge in [0.05, 0.1) is 20.3 Å². The van der Waals surface area contributed by atoms with E-state index in [1.54, 1.807) is 7.11 Å². The number of nitrogens with two attached hydrogens (primary N) is 1. The van der Waals surface area contributed by atoms with Crippen LogP contribution in [-0.2, 0) is 17.6 Å². The Morgan fingerprint density at radius 2 is 2.18 bits per heavy atom. The Morgan fingerprint density at radius 1 is 1.41 bits per heavy atom. The molecule has 1 fully saturated rings. The van der Waals surface area contributed by atoms with Crippen LogP contribution in [0.5, 0.6) is 5.75 Å². The molecule has 3 heteroatoms. The van der Waals surface area contributed by atoms with Crippen molar-refractivity contribution in [2.24, 2.45) is 11.1 Å². The minimum Gasteiger partial charge on any atom is -0.496 e. The first-order chi connectivity index (χ1) is 8.23. The van der Waals surface area contributed by atoms with E-state index in [2.05, 4.69) is 25.1 Å². The average molecular weight is 235 g/mol. The van der Waals surface area contributed by atoms with Crippen LogP contribution in [0, 0.1) is 5.41 Å². The van der Waals surface area contributed by atoms with Crippen LogP contribution < -0.4 is 10.5 Å². The number of benzene rings is 1. The molecule has 0 atom stereocenters. The highest BCUT2D eigenvalue weighted by molar-refractivity contribution is 5.38. The van der Waals surface area contributed by atoms with Crippen molar-refractivity contribution in [2.75, 3.05) is 26.9 Å². The van der Waals surface area contributed by atoms with E-state index in [-0.39, 0.29) is 5.41 Å². The van der Waals surface area contributed by atoms with Crippen LogP contribution in [0.4, 0.5) is 0 Å². The number of ether oxygens (including phenoxy) is 2. The summed E-state index contributed by atoms with van der Waals surface area (Å²) >= 11 is 0. The lowest BCUT2D eigenvalue weighted by molar-refractivity contribution is -0.106. The van der Waals surface area contributed by atoms with Gasteiger partial charge in [0.1, 0.15) is 5.75 Å². The van der Waals surface area contributed by atoms with Crippen molar-refractivity contribution in [2.45, 2.75) is 19.8 Å². The fourth-order valence-corrected chi connectivity index (χ4v) is 2.28. The van der Waals surface area contributed by atoms with Crippen molar-refractivity contribution in [3.8, 4) is 5.75 Å². The molecule has 0 amide bonds. The summed E-state index contributed by atoms with van der Waals surface area (Å²) in [6, 6.07) is 6.40. The fourth-order valence-electron chi connectivity index (χ4n) is 2.28.